The highest BCUT2D eigenvalue weighted by Gasteiger charge is 2.19. The van der Waals surface area contributed by atoms with Crippen LogP contribution in [0.4, 0.5) is 0 Å². The highest BCUT2D eigenvalue weighted by atomic mass is 16.6. The molecule has 1 unspecified atom stereocenters. The van der Waals surface area contributed by atoms with Crippen LogP contribution < -0.4 is 0 Å². The lowest BCUT2D eigenvalue weighted by Crippen LogP contribution is -2.30. The standard InChI is InChI=1S/C71H124O6/c1-4-7-10-13-16-19-22-25-27-29-31-32-33-34-35-36-37-38-40-41-43-46-49-52-55-58-61-64-70(73)76-67-68(66-75-69(72)63-60-57-54-51-48-45-24-21-18-15-12-9-6-3)77-71(74)65-62-59-56-53-50-47-44-42-39-30-28-26-23-20-17-14-11-8-5-2/h7,10,16-17,19-21,24-28,31-32,68H,4-6,8-9,11-15,18,22-23,29-30,33-67H2,1-3H3/b10-7-,19-16-,20-17-,24-21-,27-25-,28-26-,32-31-. The number of rotatable bonds is 60. The maximum Gasteiger partial charge on any atom is 0.306 e. The Balaban J connectivity index is 4.27. The van der Waals surface area contributed by atoms with Gasteiger partial charge in [-0.1, -0.05) is 279 Å². The monoisotopic (exact) mass is 1070 g/mol. The fraction of sp³-hybridized carbons (Fsp3) is 0.761. The fourth-order valence-corrected chi connectivity index (χ4v) is 9.40. The molecule has 0 amide bonds. The molecule has 0 aromatic rings. The smallest absolute Gasteiger partial charge is 0.306 e. The van der Waals surface area contributed by atoms with Gasteiger partial charge in [0.1, 0.15) is 13.2 Å². The van der Waals surface area contributed by atoms with Gasteiger partial charge in [0.25, 0.3) is 0 Å². The van der Waals surface area contributed by atoms with Crippen molar-refractivity contribution in [3.8, 4) is 0 Å². The molecule has 0 bridgehead atoms. The van der Waals surface area contributed by atoms with E-state index in [9.17, 15) is 14.4 Å². The second kappa shape index (κ2) is 65.1. The molecule has 0 spiro atoms. The second-order valence-corrected chi connectivity index (χ2v) is 22.0. The van der Waals surface area contributed by atoms with Crippen molar-refractivity contribution in [2.45, 2.75) is 335 Å². The molecular formula is C71H124O6. The third kappa shape index (κ3) is 63.3. The van der Waals surface area contributed by atoms with Crippen LogP contribution in [0.2, 0.25) is 0 Å². The molecule has 0 aliphatic carbocycles. The van der Waals surface area contributed by atoms with Gasteiger partial charge in [-0.05, 0) is 116 Å². The van der Waals surface area contributed by atoms with E-state index in [1.807, 2.05) is 0 Å². The van der Waals surface area contributed by atoms with Crippen LogP contribution in [0.5, 0.6) is 0 Å². The quantitative estimate of drug-likeness (QED) is 0.0261. The Labute approximate surface area is 477 Å². The molecule has 0 radical (unpaired) electrons. The minimum atomic E-state index is -0.783. The van der Waals surface area contributed by atoms with Crippen LogP contribution in [0.1, 0.15) is 329 Å². The van der Waals surface area contributed by atoms with Gasteiger partial charge in [0.05, 0.1) is 0 Å². The number of carbonyl (C=O) groups excluding carboxylic acids is 3. The number of carbonyl (C=O) groups is 3. The molecule has 6 nitrogen and oxygen atoms in total. The zero-order valence-electron chi connectivity index (χ0n) is 51.0. The normalized spacial score (nSPS) is 12.6. The minimum Gasteiger partial charge on any atom is -0.462 e. The van der Waals surface area contributed by atoms with Crippen LogP contribution in [0, 0.1) is 0 Å². The van der Waals surface area contributed by atoms with Crippen molar-refractivity contribution in [2.75, 3.05) is 13.2 Å². The maximum atomic E-state index is 12.9. The summed E-state index contributed by atoms with van der Waals surface area (Å²) in [6, 6.07) is 0. The van der Waals surface area contributed by atoms with E-state index in [4.69, 9.17) is 14.2 Å². The van der Waals surface area contributed by atoms with E-state index in [1.165, 1.54) is 193 Å². The van der Waals surface area contributed by atoms with E-state index in [-0.39, 0.29) is 31.1 Å². The Morgan fingerprint density at radius 2 is 0.506 bits per heavy atom. The lowest BCUT2D eigenvalue weighted by Gasteiger charge is -2.18. The third-order valence-electron chi connectivity index (χ3n) is 14.4. The Kier molecular flexibility index (Phi) is 62.2. The highest BCUT2D eigenvalue weighted by Crippen LogP contribution is 2.17. The first-order valence-electron chi connectivity index (χ1n) is 33.1. The van der Waals surface area contributed by atoms with E-state index in [0.717, 1.165) is 96.3 Å². The molecule has 0 aromatic carbocycles. The molecule has 77 heavy (non-hydrogen) atoms. The second-order valence-electron chi connectivity index (χ2n) is 22.0. The number of allylic oxidation sites excluding steroid dienone is 14. The number of hydrogen-bond donors (Lipinski definition) is 0. The maximum absolute atomic E-state index is 12.9. The van der Waals surface area contributed by atoms with Crippen molar-refractivity contribution < 1.29 is 28.6 Å². The van der Waals surface area contributed by atoms with E-state index in [2.05, 4.69) is 106 Å². The summed E-state index contributed by atoms with van der Waals surface area (Å²) < 4.78 is 16.9. The van der Waals surface area contributed by atoms with Gasteiger partial charge in [-0.3, -0.25) is 14.4 Å². The van der Waals surface area contributed by atoms with Crippen LogP contribution in [0.3, 0.4) is 0 Å². The van der Waals surface area contributed by atoms with E-state index in [1.54, 1.807) is 0 Å². The van der Waals surface area contributed by atoms with Gasteiger partial charge in [0.2, 0.25) is 0 Å². The molecule has 0 aliphatic heterocycles. The number of esters is 3. The average molecular weight is 1070 g/mol. The predicted molar refractivity (Wildman–Crippen MR) is 334 cm³/mol. The van der Waals surface area contributed by atoms with Crippen LogP contribution in [-0.4, -0.2) is 37.2 Å². The highest BCUT2D eigenvalue weighted by molar-refractivity contribution is 5.71. The zero-order chi connectivity index (χ0) is 55.7. The van der Waals surface area contributed by atoms with Crippen molar-refractivity contribution >= 4 is 17.9 Å². The van der Waals surface area contributed by atoms with Gasteiger partial charge < -0.3 is 14.2 Å². The summed E-state index contributed by atoms with van der Waals surface area (Å²) in [6.45, 7) is 6.51. The van der Waals surface area contributed by atoms with Crippen molar-refractivity contribution in [1.82, 2.24) is 0 Å². The summed E-state index contributed by atoms with van der Waals surface area (Å²) in [6.07, 6.45) is 85.9. The van der Waals surface area contributed by atoms with E-state index >= 15 is 0 Å². The van der Waals surface area contributed by atoms with Gasteiger partial charge >= 0.3 is 17.9 Å². The van der Waals surface area contributed by atoms with Crippen LogP contribution >= 0.6 is 0 Å². The number of unbranched alkanes of at least 4 members (excludes halogenated alkanes) is 35. The first-order chi connectivity index (χ1) is 38.0. The van der Waals surface area contributed by atoms with Gasteiger partial charge in [-0.15, -0.1) is 0 Å². The predicted octanol–water partition coefficient (Wildman–Crippen LogP) is 22.7. The topological polar surface area (TPSA) is 78.9 Å². The molecule has 0 fully saturated rings. The van der Waals surface area contributed by atoms with Gasteiger partial charge in [0.15, 0.2) is 6.10 Å². The molecule has 0 heterocycles. The van der Waals surface area contributed by atoms with Gasteiger partial charge in [-0.2, -0.15) is 0 Å². The minimum absolute atomic E-state index is 0.0788. The molecule has 444 valence electrons. The van der Waals surface area contributed by atoms with Gasteiger partial charge in [0, 0.05) is 19.3 Å². The third-order valence-corrected chi connectivity index (χ3v) is 14.4. The van der Waals surface area contributed by atoms with Crippen molar-refractivity contribution in [2.24, 2.45) is 0 Å². The Morgan fingerprint density at radius 3 is 0.831 bits per heavy atom. The largest absolute Gasteiger partial charge is 0.462 e. The molecular weight excluding hydrogens is 949 g/mol. The van der Waals surface area contributed by atoms with Crippen molar-refractivity contribution in [1.29, 1.82) is 0 Å². The number of ether oxygens (including phenoxy) is 3. The zero-order valence-corrected chi connectivity index (χ0v) is 51.0. The number of hydrogen-bond acceptors (Lipinski definition) is 6. The summed E-state index contributed by atoms with van der Waals surface area (Å²) in [7, 11) is 0. The molecule has 0 aliphatic rings. The first kappa shape index (κ1) is 73.6. The first-order valence-corrected chi connectivity index (χ1v) is 33.1. The average Bonchev–Trinajstić information content (AvgIpc) is 3.43. The van der Waals surface area contributed by atoms with Crippen LogP contribution in [-0.2, 0) is 28.6 Å². The van der Waals surface area contributed by atoms with E-state index < -0.39 is 6.10 Å². The molecule has 0 saturated heterocycles. The molecule has 0 saturated carbocycles. The SMILES string of the molecule is CC/C=C\C/C=C\C/C=C\C/C=C\CCCCCCCCCCCCCCCCC(=O)OCC(COC(=O)CCCCCCC/C=C\CCCCCC)OC(=O)CCCCCCCCCCC/C=C\C/C=C\CCCCC. The van der Waals surface area contributed by atoms with Crippen molar-refractivity contribution in [3.63, 3.8) is 0 Å². The summed E-state index contributed by atoms with van der Waals surface area (Å²) in [5, 5.41) is 0. The molecule has 0 aromatic heterocycles. The summed E-state index contributed by atoms with van der Waals surface area (Å²) in [5.74, 6) is -0.878. The van der Waals surface area contributed by atoms with Crippen LogP contribution in [0.15, 0.2) is 85.1 Å². The molecule has 0 N–H and O–H groups in total. The summed E-state index contributed by atoms with van der Waals surface area (Å²) >= 11 is 0. The fourth-order valence-electron chi connectivity index (χ4n) is 9.40. The van der Waals surface area contributed by atoms with E-state index in [0.29, 0.717) is 19.3 Å². The van der Waals surface area contributed by atoms with Crippen molar-refractivity contribution in [3.05, 3.63) is 85.1 Å². The summed E-state index contributed by atoms with van der Waals surface area (Å²) in [5.41, 5.74) is 0. The summed E-state index contributed by atoms with van der Waals surface area (Å²) in [4.78, 5) is 38.3. The Bertz CT molecular complexity index is 1470. The molecule has 1 atom stereocenters. The van der Waals surface area contributed by atoms with Gasteiger partial charge in [-0.25, -0.2) is 0 Å². The lowest BCUT2D eigenvalue weighted by molar-refractivity contribution is -0.167. The molecule has 6 heteroatoms. The lowest BCUT2D eigenvalue weighted by atomic mass is 10.0. The Morgan fingerprint density at radius 1 is 0.273 bits per heavy atom. The van der Waals surface area contributed by atoms with Crippen LogP contribution in [0.25, 0.3) is 0 Å². The Hall–Kier alpha value is -3.41. The molecule has 0 rings (SSSR count).